The van der Waals surface area contributed by atoms with Crippen molar-refractivity contribution in [3.05, 3.63) is 85.3 Å². The number of aromatic nitrogens is 2. The highest BCUT2D eigenvalue weighted by atomic mass is 35.5. The maximum absolute atomic E-state index is 10.4. The van der Waals surface area contributed by atoms with Gasteiger partial charge in [0.25, 0.3) is 11.4 Å². The summed E-state index contributed by atoms with van der Waals surface area (Å²) < 4.78 is 5.38. The molecule has 0 aliphatic rings. The van der Waals surface area contributed by atoms with E-state index in [1.165, 1.54) is 24.3 Å². The molecule has 0 bridgehead atoms. The Balaban J connectivity index is 0.000000237. The SMILES string of the molecule is Nc1cc(Oc2ccc([N+](=O)[O-])cn2)ccc1Cl.O=[N+]([O-])c1ccc(Cl)nc1. The van der Waals surface area contributed by atoms with Crippen LogP contribution < -0.4 is 10.5 Å². The molecule has 0 unspecified atom stereocenters. The van der Waals surface area contributed by atoms with Gasteiger partial charge in [-0.05, 0) is 18.2 Å². The van der Waals surface area contributed by atoms with Crippen molar-refractivity contribution in [2.45, 2.75) is 0 Å². The Morgan fingerprint density at radius 2 is 1.50 bits per heavy atom. The smallest absolute Gasteiger partial charge is 0.287 e. The van der Waals surface area contributed by atoms with Gasteiger partial charge in [-0.3, -0.25) is 20.2 Å². The van der Waals surface area contributed by atoms with Crippen LogP contribution in [0.25, 0.3) is 0 Å². The molecule has 3 rings (SSSR count). The number of rotatable bonds is 4. The lowest BCUT2D eigenvalue weighted by Crippen LogP contribution is -1.92. The maximum atomic E-state index is 10.4. The average molecular weight is 424 g/mol. The number of benzene rings is 1. The number of hydrogen-bond acceptors (Lipinski definition) is 8. The van der Waals surface area contributed by atoms with Crippen molar-refractivity contribution in [2.75, 3.05) is 5.73 Å². The Kier molecular flexibility index (Phi) is 7.02. The first-order chi connectivity index (χ1) is 13.3. The van der Waals surface area contributed by atoms with Gasteiger partial charge in [-0.2, -0.15) is 0 Å². The van der Waals surface area contributed by atoms with Gasteiger partial charge in [0.15, 0.2) is 0 Å². The zero-order chi connectivity index (χ0) is 20.7. The number of pyridine rings is 2. The van der Waals surface area contributed by atoms with Crippen LogP contribution in [0.1, 0.15) is 0 Å². The second-order valence-electron chi connectivity index (χ2n) is 4.99. The number of nitrogens with zero attached hydrogens (tertiary/aromatic N) is 4. The summed E-state index contributed by atoms with van der Waals surface area (Å²) in [6, 6.07) is 10.2. The summed E-state index contributed by atoms with van der Waals surface area (Å²) in [5, 5.41) is 21.2. The number of anilines is 1. The van der Waals surface area contributed by atoms with Crippen molar-refractivity contribution in [2.24, 2.45) is 0 Å². The summed E-state index contributed by atoms with van der Waals surface area (Å²) >= 11 is 11.2. The van der Waals surface area contributed by atoms with E-state index in [4.69, 9.17) is 33.7 Å². The molecule has 28 heavy (non-hydrogen) atoms. The molecule has 2 N–H and O–H groups in total. The van der Waals surface area contributed by atoms with Crippen molar-refractivity contribution in [3.8, 4) is 11.6 Å². The number of nitrogen functional groups attached to an aromatic ring is 1. The molecule has 12 heteroatoms. The predicted octanol–water partition coefficient (Wildman–Crippen LogP) is 4.66. The number of nitro groups is 2. The van der Waals surface area contributed by atoms with Crippen LogP contribution in [-0.2, 0) is 0 Å². The molecular weight excluding hydrogens is 413 g/mol. The molecule has 0 radical (unpaired) electrons. The molecule has 0 atom stereocenters. The van der Waals surface area contributed by atoms with Gasteiger partial charge in [-0.15, -0.1) is 0 Å². The summed E-state index contributed by atoms with van der Waals surface area (Å²) in [7, 11) is 0. The minimum Gasteiger partial charge on any atom is -0.439 e. The zero-order valence-corrected chi connectivity index (χ0v) is 15.4. The molecule has 3 aromatic rings. The molecule has 0 spiro atoms. The summed E-state index contributed by atoms with van der Waals surface area (Å²) in [5.74, 6) is 0.695. The Hall–Kier alpha value is -3.50. The van der Waals surface area contributed by atoms with Crippen molar-refractivity contribution in [1.29, 1.82) is 0 Å². The molecule has 0 aliphatic heterocycles. The van der Waals surface area contributed by atoms with E-state index in [1.54, 1.807) is 18.2 Å². The third-order valence-electron chi connectivity index (χ3n) is 3.04. The molecule has 10 nitrogen and oxygen atoms in total. The first-order valence-electron chi connectivity index (χ1n) is 7.35. The number of ether oxygens (including phenoxy) is 1. The standard InChI is InChI=1S/C11H8ClN3O3.C5H3ClN2O2/c12-9-3-2-8(5-10(9)13)18-11-4-1-7(6-14-11)15(16)17;6-5-2-1-4(3-7-5)8(9)10/h1-6H,13H2;1-3H. The second kappa shape index (κ2) is 9.44. The molecule has 0 saturated heterocycles. The van der Waals surface area contributed by atoms with E-state index >= 15 is 0 Å². The molecule has 144 valence electrons. The fourth-order valence-corrected chi connectivity index (χ4v) is 1.95. The van der Waals surface area contributed by atoms with E-state index in [0.717, 1.165) is 12.4 Å². The Labute approximate surface area is 167 Å². The molecule has 0 saturated carbocycles. The van der Waals surface area contributed by atoms with Gasteiger partial charge < -0.3 is 10.5 Å². The summed E-state index contributed by atoms with van der Waals surface area (Å²) in [5.41, 5.74) is 5.85. The maximum Gasteiger partial charge on any atom is 0.287 e. The van der Waals surface area contributed by atoms with Crippen LogP contribution in [0.3, 0.4) is 0 Å². The molecule has 2 aromatic heterocycles. The minimum absolute atomic E-state index is 0.0515. The highest BCUT2D eigenvalue weighted by Crippen LogP contribution is 2.27. The van der Waals surface area contributed by atoms with E-state index in [0.29, 0.717) is 16.5 Å². The van der Waals surface area contributed by atoms with Gasteiger partial charge in [0.1, 0.15) is 23.3 Å². The zero-order valence-electron chi connectivity index (χ0n) is 13.9. The Morgan fingerprint density at radius 1 is 0.893 bits per heavy atom. The lowest BCUT2D eigenvalue weighted by Gasteiger charge is -2.05. The number of hydrogen-bond donors (Lipinski definition) is 1. The third kappa shape index (κ3) is 6.04. The lowest BCUT2D eigenvalue weighted by atomic mass is 10.3. The molecule has 0 amide bonds. The number of halogens is 2. The summed E-state index contributed by atoms with van der Waals surface area (Å²) in [6.45, 7) is 0. The lowest BCUT2D eigenvalue weighted by molar-refractivity contribution is -0.385. The molecule has 0 aliphatic carbocycles. The normalized spacial score (nSPS) is 9.79. The van der Waals surface area contributed by atoms with E-state index in [-0.39, 0.29) is 22.4 Å². The second-order valence-corrected chi connectivity index (χ2v) is 5.79. The van der Waals surface area contributed by atoms with Gasteiger partial charge in [0.2, 0.25) is 5.88 Å². The van der Waals surface area contributed by atoms with Gasteiger partial charge in [0.05, 0.1) is 20.6 Å². The van der Waals surface area contributed by atoms with Crippen LogP contribution in [0, 0.1) is 20.2 Å². The van der Waals surface area contributed by atoms with Gasteiger partial charge in [0, 0.05) is 24.3 Å². The van der Waals surface area contributed by atoms with E-state index < -0.39 is 9.85 Å². The topological polar surface area (TPSA) is 147 Å². The largest absolute Gasteiger partial charge is 0.439 e. The average Bonchev–Trinajstić information content (AvgIpc) is 2.66. The van der Waals surface area contributed by atoms with Gasteiger partial charge in [-0.25, -0.2) is 9.97 Å². The van der Waals surface area contributed by atoms with Crippen LogP contribution in [0.2, 0.25) is 10.2 Å². The molecular formula is C16H11Cl2N5O5. The van der Waals surface area contributed by atoms with Crippen LogP contribution in [-0.4, -0.2) is 19.8 Å². The number of nitrogens with two attached hydrogens (primary N) is 1. The van der Waals surface area contributed by atoms with Gasteiger partial charge in [-0.1, -0.05) is 23.2 Å². The Bertz CT molecular complexity index is 984. The molecule has 2 heterocycles. The van der Waals surface area contributed by atoms with Crippen molar-refractivity contribution in [3.63, 3.8) is 0 Å². The fourth-order valence-electron chi connectivity index (χ4n) is 1.72. The van der Waals surface area contributed by atoms with Crippen molar-refractivity contribution in [1.82, 2.24) is 9.97 Å². The highest BCUT2D eigenvalue weighted by Gasteiger charge is 2.07. The van der Waals surface area contributed by atoms with Crippen molar-refractivity contribution >= 4 is 40.3 Å². The predicted molar refractivity (Wildman–Crippen MR) is 103 cm³/mol. The van der Waals surface area contributed by atoms with Crippen LogP contribution >= 0.6 is 23.2 Å². The quantitative estimate of drug-likeness (QED) is 0.275. The summed E-state index contributed by atoms with van der Waals surface area (Å²) in [6.07, 6.45) is 2.23. The van der Waals surface area contributed by atoms with Gasteiger partial charge >= 0.3 is 0 Å². The van der Waals surface area contributed by atoms with Crippen LogP contribution in [0.4, 0.5) is 17.1 Å². The van der Waals surface area contributed by atoms with E-state index in [1.807, 2.05) is 0 Å². The summed E-state index contributed by atoms with van der Waals surface area (Å²) in [4.78, 5) is 26.8. The highest BCUT2D eigenvalue weighted by molar-refractivity contribution is 6.33. The Morgan fingerprint density at radius 3 is 1.96 bits per heavy atom. The first-order valence-corrected chi connectivity index (χ1v) is 8.11. The van der Waals surface area contributed by atoms with E-state index in [9.17, 15) is 20.2 Å². The first kappa shape index (κ1) is 20.8. The molecule has 1 aromatic carbocycles. The monoisotopic (exact) mass is 423 g/mol. The van der Waals surface area contributed by atoms with Crippen LogP contribution in [0.5, 0.6) is 11.6 Å². The van der Waals surface area contributed by atoms with Crippen LogP contribution in [0.15, 0.2) is 54.9 Å². The fraction of sp³-hybridized carbons (Fsp3) is 0. The van der Waals surface area contributed by atoms with Crippen molar-refractivity contribution < 1.29 is 14.6 Å². The third-order valence-corrected chi connectivity index (χ3v) is 3.61. The molecule has 0 fully saturated rings. The van der Waals surface area contributed by atoms with E-state index in [2.05, 4.69) is 9.97 Å². The minimum atomic E-state index is -0.531.